The molecule has 1 aliphatic rings. The van der Waals surface area contributed by atoms with Crippen LogP contribution in [-0.4, -0.2) is 41.3 Å². The Morgan fingerprint density at radius 2 is 1.86 bits per heavy atom. The van der Waals surface area contributed by atoms with E-state index in [0.29, 0.717) is 25.3 Å². The zero-order valence-corrected chi connectivity index (χ0v) is 21.9. The predicted molar refractivity (Wildman–Crippen MR) is 140 cm³/mol. The number of likely N-dealkylation sites (N-methyl/N-ethyl adjacent to an activating group) is 1. The summed E-state index contributed by atoms with van der Waals surface area (Å²) >= 11 is 0. The molecule has 3 aromatic rings. The summed E-state index contributed by atoms with van der Waals surface area (Å²) in [6.07, 6.45) is 2.24. The summed E-state index contributed by atoms with van der Waals surface area (Å²) < 4.78 is 11.5. The van der Waals surface area contributed by atoms with Crippen LogP contribution >= 0.6 is 0 Å². The van der Waals surface area contributed by atoms with Crippen molar-refractivity contribution in [3.8, 4) is 5.75 Å². The molecule has 2 amide bonds. The first kappa shape index (κ1) is 25.5. The van der Waals surface area contributed by atoms with Crippen LogP contribution in [0.3, 0.4) is 0 Å². The van der Waals surface area contributed by atoms with Crippen LogP contribution in [0.25, 0.3) is 0 Å². The molecule has 4 rings (SSSR count). The van der Waals surface area contributed by atoms with E-state index in [-0.39, 0.29) is 23.8 Å². The van der Waals surface area contributed by atoms with Crippen molar-refractivity contribution in [2.45, 2.75) is 59.2 Å². The number of carbonyl (C=O) groups excluding carboxylic acids is 2. The molecule has 0 saturated carbocycles. The third-order valence-electron chi connectivity index (χ3n) is 6.65. The van der Waals surface area contributed by atoms with Gasteiger partial charge < -0.3 is 19.0 Å². The molecule has 0 unspecified atom stereocenters. The first-order chi connectivity index (χ1) is 17.2. The van der Waals surface area contributed by atoms with Crippen LogP contribution in [0.15, 0.2) is 65.3 Å². The molecule has 0 N–H and O–H groups in total. The predicted octanol–water partition coefficient (Wildman–Crippen LogP) is 5.53. The molecule has 6 heteroatoms. The number of nitrogens with zero attached hydrogens (tertiary/aromatic N) is 2. The van der Waals surface area contributed by atoms with Crippen molar-refractivity contribution in [1.82, 2.24) is 9.80 Å². The van der Waals surface area contributed by atoms with Gasteiger partial charge in [-0.15, -0.1) is 0 Å². The van der Waals surface area contributed by atoms with Crippen molar-refractivity contribution in [2.24, 2.45) is 5.92 Å². The van der Waals surface area contributed by atoms with Gasteiger partial charge in [0.2, 0.25) is 5.91 Å². The summed E-state index contributed by atoms with van der Waals surface area (Å²) in [6.45, 7) is 9.04. The molecule has 0 saturated heterocycles. The van der Waals surface area contributed by atoms with E-state index in [2.05, 4.69) is 51.1 Å². The molecule has 36 heavy (non-hydrogen) atoms. The Hall–Kier alpha value is -3.54. The van der Waals surface area contributed by atoms with Gasteiger partial charge in [-0.3, -0.25) is 9.59 Å². The fourth-order valence-corrected chi connectivity index (χ4v) is 4.79. The third-order valence-corrected chi connectivity index (χ3v) is 6.65. The van der Waals surface area contributed by atoms with E-state index in [0.717, 1.165) is 23.3 Å². The van der Waals surface area contributed by atoms with Crippen LogP contribution in [0.5, 0.6) is 5.75 Å². The highest BCUT2D eigenvalue weighted by Gasteiger charge is 2.33. The lowest BCUT2D eigenvalue weighted by atomic mass is 9.87. The lowest BCUT2D eigenvalue weighted by Gasteiger charge is -2.38. The molecule has 1 aromatic heterocycles. The highest BCUT2D eigenvalue weighted by molar-refractivity contribution is 5.80. The number of benzene rings is 2. The van der Waals surface area contributed by atoms with Crippen molar-refractivity contribution < 1.29 is 18.7 Å². The summed E-state index contributed by atoms with van der Waals surface area (Å²) in [4.78, 5) is 29.8. The second kappa shape index (κ2) is 11.0. The SMILES string of the molecule is Cc1ccc([C@H]2c3cc(O[C@@H](C)C(=O)N(C)Cc4ccco4)ccc3CCN2C(=O)CC(C)C)cc1. The van der Waals surface area contributed by atoms with E-state index >= 15 is 0 Å². The van der Waals surface area contributed by atoms with Gasteiger partial charge in [-0.25, -0.2) is 0 Å². The maximum atomic E-state index is 13.3. The Bertz CT molecular complexity index is 1180. The number of rotatable bonds is 8. The lowest BCUT2D eigenvalue weighted by Crippen LogP contribution is -2.41. The van der Waals surface area contributed by atoms with Crippen LogP contribution in [-0.2, 0) is 22.6 Å². The lowest BCUT2D eigenvalue weighted by molar-refractivity contribution is -0.137. The molecule has 1 aliphatic heterocycles. The van der Waals surface area contributed by atoms with Crippen molar-refractivity contribution >= 4 is 11.8 Å². The quantitative estimate of drug-likeness (QED) is 0.418. The maximum absolute atomic E-state index is 13.3. The monoisotopic (exact) mass is 488 g/mol. The second-order valence-corrected chi connectivity index (χ2v) is 10.1. The third kappa shape index (κ3) is 5.81. The molecule has 2 aromatic carbocycles. The summed E-state index contributed by atoms with van der Waals surface area (Å²) in [5.74, 6) is 1.66. The van der Waals surface area contributed by atoms with Crippen LogP contribution < -0.4 is 4.74 Å². The summed E-state index contributed by atoms with van der Waals surface area (Å²) in [6, 6.07) is 17.9. The van der Waals surface area contributed by atoms with E-state index in [4.69, 9.17) is 9.15 Å². The summed E-state index contributed by atoms with van der Waals surface area (Å²) in [7, 11) is 1.74. The number of furan rings is 1. The smallest absolute Gasteiger partial charge is 0.263 e. The van der Waals surface area contributed by atoms with Gasteiger partial charge in [0.1, 0.15) is 11.5 Å². The zero-order valence-electron chi connectivity index (χ0n) is 21.9. The average Bonchev–Trinajstić information content (AvgIpc) is 3.36. The Balaban J connectivity index is 1.59. The van der Waals surface area contributed by atoms with Gasteiger partial charge in [0.25, 0.3) is 5.91 Å². The molecule has 0 radical (unpaired) electrons. The Morgan fingerprint density at radius 1 is 1.11 bits per heavy atom. The van der Waals surface area contributed by atoms with Gasteiger partial charge in [0, 0.05) is 20.0 Å². The fourth-order valence-electron chi connectivity index (χ4n) is 4.79. The average molecular weight is 489 g/mol. The Morgan fingerprint density at radius 3 is 2.53 bits per heavy atom. The maximum Gasteiger partial charge on any atom is 0.263 e. The van der Waals surface area contributed by atoms with Crippen LogP contribution in [0.1, 0.15) is 61.2 Å². The van der Waals surface area contributed by atoms with Gasteiger partial charge in [-0.1, -0.05) is 49.7 Å². The van der Waals surface area contributed by atoms with Gasteiger partial charge in [0.05, 0.1) is 18.8 Å². The molecule has 0 spiro atoms. The van der Waals surface area contributed by atoms with E-state index < -0.39 is 6.10 Å². The Labute approximate surface area is 213 Å². The molecule has 6 nitrogen and oxygen atoms in total. The van der Waals surface area contributed by atoms with Crippen molar-refractivity contribution in [2.75, 3.05) is 13.6 Å². The van der Waals surface area contributed by atoms with Crippen LogP contribution in [0.2, 0.25) is 0 Å². The van der Waals surface area contributed by atoms with Gasteiger partial charge in [-0.2, -0.15) is 0 Å². The zero-order chi connectivity index (χ0) is 25.8. The number of aryl methyl sites for hydroxylation is 1. The topological polar surface area (TPSA) is 63.0 Å². The molecule has 2 atom stereocenters. The van der Waals surface area contributed by atoms with E-state index in [1.54, 1.807) is 31.2 Å². The Kier molecular flexibility index (Phi) is 7.82. The standard InChI is InChI=1S/C30H36N2O4/c1-20(2)17-28(33)32-15-14-23-12-13-25(18-27(23)29(32)24-10-8-21(3)9-11-24)36-22(4)30(34)31(5)19-26-7-6-16-35-26/h6-13,16,18,20,22,29H,14-15,17,19H2,1-5H3/t22-,29-/m0/s1. The largest absolute Gasteiger partial charge is 0.481 e. The second-order valence-electron chi connectivity index (χ2n) is 10.1. The summed E-state index contributed by atoms with van der Waals surface area (Å²) in [5, 5.41) is 0. The minimum Gasteiger partial charge on any atom is -0.481 e. The highest BCUT2D eigenvalue weighted by atomic mass is 16.5. The van der Waals surface area contributed by atoms with Gasteiger partial charge in [0.15, 0.2) is 6.10 Å². The normalized spacial score (nSPS) is 15.9. The fraction of sp³-hybridized carbons (Fsp3) is 0.400. The molecule has 0 aliphatic carbocycles. The first-order valence-corrected chi connectivity index (χ1v) is 12.7. The van der Waals surface area contributed by atoms with Crippen LogP contribution in [0, 0.1) is 12.8 Å². The molecule has 0 bridgehead atoms. The molecular formula is C30H36N2O4. The van der Waals surface area contributed by atoms with E-state index in [1.807, 2.05) is 23.1 Å². The molecule has 190 valence electrons. The first-order valence-electron chi connectivity index (χ1n) is 12.7. The van der Waals surface area contributed by atoms with E-state index in [1.165, 1.54) is 11.1 Å². The number of carbonyl (C=O) groups is 2. The molecule has 0 fully saturated rings. The van der Waals surface area contributed by atoms with Gasteiger partial charge in [-0.05, 0) is 67.1 Å². The molecular weight excluding hydrogens is 452 g/mol. The number of hydrogen-bond donors (Lipinski definition) is 0. The highest BCUT2D eigenvalue weighted by Crippen LogP contribution is 2.38. The summed E-state index contributed by atoms with van der Waals surface area (Å²) in [5.41, 5.74) is 4.52. The number of ether oxygens (including phenoxy) is 1. The van der Waals surface area contributed by atoms with Gasteiger partial charge >= 0.3 is 0 Å². The van der Waals surface area contributed by atoms with Crippen molar-refractivity contribution in [3.63, 3.8) is 0 Å². The molecule has 2 heterocycles. The van der Waals surface area contributed by atoms with Crippen molar-refractivity contribution in [1.29, 1.82) is 0 Å². The number of hydrogen-bond acceptors (Lipinski definition) is 4. The number of fused-ring (bicyclic) bond motifs is 1. The minimum atomic E-state index is -0.664. The van der Waals surface area contributed by atoms with Crippen LogP contribution in [0.4, 0.5) is 0 Å². The number of amides is 2. The van der Waals surface area contributed by atoms with Crippen molar-refractivity contribution in [3.05, 3.63) is 88.9 Å². The minimum absolute atomic E-state index is 0.132. The van der Waals surface area contributed by atoms with E-state index in [9.17, 15) is 9.59 Å².